The highest BCUT2D eigenvalue weighted by molar-refractivity contribution is 5.99. The Morgan fingerprint density at radius 3 is 2.69 bits per heavy atom. The molecule has 9 nitrogen and oxygen atoms in total. The quantitative estimate of drug-likeness (QED) is 0.630. The average molecular weight is 394 g/mol. The van der Waals surface area contributed by atoms with Gasteiger partial charge in [0.1, 0.15) is 11.6 Å². The van der Waals surface area contributed by atoms with Crippen molar-refractivity contribution in [3.05, 3.63) is 57.6 Å². The number of aromatic amines is 1. The third-order valence-electron chi connectivity index (χ3n) is 4.80. The molecule has 0 unspecified atom stereocenters. The number of amides is 2. The highest BCUT2D eigenvalue weighted by atomic mass is 16.5. The van der Waals surface area contributed by atoms with Gasteiger partial charge in [0.05, 0.1) is 18.5 Å². The highest BCUT2D eigenvalue weighted by Gasteiger charge is 2.19. The summed E-state index contributed by atoms with van der Waals surface area (Å²) in [6.45, 7) is 1.81. The fraction of sp³-hybridized carbons (Fsp3) is 0.300. The van der Waals surface area contributed by atoms with Gasteiger partial charge in [-0.05, 0) is 56.9 Å². The number of hydrogen-bond donors (Lipinski definition) is 3. The molecule has 1 aliphatic rings. The number of benzene rings is 1. The minimum absolute atomic E-state index is 0.147. The zero-order valence-corrected chi connectivity index (χ0v) is 16.3. The number of nitrogens with zero attached hydrogens (tertiary/aromatic N) is 3. The van der Waals surface area contributed by atoms with Crippen LogP contribution in [0, 0.1) is 6.92 Å². The Kier molecular flexibility index (Phi) is 5.03. The van der Waals surface area contributed by atoms with Gasteiger partial charge in [-0.1, -0.05) is 0 Å². The van der Waals surface area contributed by atoms with E-state index in [9.17, 15) is 9.59 Å². The van der Waals surface area contributed by atoms with Gasteiger partial charge in [0.25, 0.3) is 5.56 Å². The highest BCUT2D eigenvalue weighted by Crippen LogP contribution is 2.20. The monoisotopic (exact) mass is 394 g/mol. The summed E-state index contributed by atoms with van der Waals surface area (Å²) in [7, 11) is 1.58. The van der Waals surface area contributed by atoms with Gasteiger partial charge >= 0.3 is 6.03 Å². The van der Waals surface area contributed by atoms with Gasteiger partial charge in [0, 0.05) is 17.3 Å². The van der Waals surface area contributed by atoms with Crippen LogP contribution in [0.3, 0.4) is 0 Å². The summed E-state index contributed by atoms with van der Waals surface area (Å²) in [6.07, 6.45) is 3.52. The van der Waals surface area contributed by atoms with Gasteiger partial charge < -0.3 is 10.1 Å². The average Bonchev–Trinajstić information content (AvgIpc) is 3.08. The van der Waals surface area contributed by atoms with Crippen molar-refractivity contribution >= 4 is 17.5 Å². The van der Waals surface area contributed by atoms with E-state index < -0.39 is 6.03 Å². The molecular weight excluding hydrogens is 372 g/mol. The molecule has 0 aliphatic heterocycles. The molecule has 0 fully saturated rings. The summed E-state index contributed by atoms with van der Waals surface area (Å²) >= 11 is 0. The number of hydrogen-bond acceptors (Lipinski definition) is 5. The van der Waals surface area contributed by atoms with Crippen molar-refractivity contribution in [2.45, 2.75) is 32.6 Å². The number of aromatic nitrogens is 4. The van der Waals surface area contributed by atoms with Crippen molar-refractivity contribution in [2.24, 2.45) is 0 Å². The molecule has 9 heteroatoms. The fourth-order valence-corrected chi connectivity index (χ4v) is 3.39. The molecule has 2 heterocycles. The largest absolute Gasteiger partial charge is 0.497 e. The standard InChI is InChI=1S/C20H22N6O3/c1-12-11-17(23-20(28)21-13-7-9-14(29-2)10-8-13)26(25-12)19-22-16-6-4-3-5-15(16)18(27)24-19/h7-11H,3-6H2,1-2H3,(H2,21,23,28)(H,22,24,27). The van der Waals surface area contributed by atoms with Crippen LogP contribution < -0.4 is 20.9 Å². The maximum Gasteiger partial charge on any atom is 0.324 e. The molecule has 2 aromatic heterocycles. The van der Waals surface area contributed by atoms with Gasteiger partial charge in [0.15, 0.2) is 0 Å². The summed E-state index contributed by atoms with van der Waals surface area (Å²) in [6, 6.07) is 8.27. The number of methoxy groups -OCH3 is 1. The first-order chi connectivity index (χ1) is 14.0. The van der Waals surface area contributed by atoms with Crippen LogP contribution in [0.5, 0.6) is 5.75 Å². The Hall–Kier alpha value is -3.62. The minimum Gasteiger partial charge on any atom is -0.497 e. The Labute approximate surface area is 167 Å². The van der Waals surface area contributed by atoms with Crippen LogP contribution in [-0.2, 0) is 12.8 Å². The Morgan fingerprint density at radius 2 is 1.93 bits per heavy atom. The number of anilines is 2. The number of fused-ring (bicyclic) bond motifs is 1. The Balaban J connectivity index is 1.57. The molecule has 1 aromatic carbocycles. The van der Waals surface area contributed by atoms with Crippen molar-refractivity contribution in [3.63, 3.8) is 0 Å². The molecule has 4 rings (SSSR count). The smallest absolute Gasteiger partial charge is 0.324 e. The molecule has 0 saturated heterocycles. The molecule has 0 radical (unpaired) electrons. The number of carbonyl (C=O) groups excluding carboxylic acids is 1. The van der Waals surface area contributed by atoms with Crippen LogP contribution in [0.2, 0.25) is 0 Å². The molecular formula is C20H22N6O3. The number of rotatable bonds is 4. The van der Waals surface area contributed by atoms with E-state index in [1.165, 1.54) is 4.68 Å². The second-order valence-electron chi connectivity index (χ2n) is 6.91. The molecule has 29 heavy (non-hydrogen) atoms. The van der Waals surface area contributed by atoms with Gasteiger partial charge in [0.2, 0.25) is 5.95 Å². The number of urea groups is 1. The van der Waals surface area contributed by atoms with Crippen LogP contribution in [0.15, 0.2) is 35.1 Å². The molecule has 0 spiro atoms. The molecule has 3 aromatic rings. The van der Waals surface area contributed by atoms with Gasteiger partial charge in [-0.25, -0.2) is 9.78 Å². The van der Waals surface area contributed by atoms with Gasteiger partial charge in [-0.3, -0.25) is 15.1 Å². The lowest BCUT2D eigenvalue weighted by Crippen LogP contribution is -2.25. The lowest BCUT2D eigenvalue weighted by molar-refractivity contribution is 0.262. The number of carbonyl (C=O) groups is 1. The lowest BCUT2D eigenvalue weighted by atomic mass is 9.97. The number of H-pyrrole nitrogens is 1. The number of nitrogens with one attached hydrogen (secondary N) is 3. The summed E-state index contributed by atoms with van der Waals surface area (Å²) in [5.74, 6) is 1.41. The summed E-state index contributed by atoms with van der Waals surface area (Å²) < 4.78 is 6.55. The van der Waals surface area contributed by atoms with Crippen molar-refractivity contribution in [1.29, 1.82) is 0 Å². The van der Waals surface area contributed by atoms with E-state index in [2.05, 4.69) is 25.7 Å². The maximum absolute atomic E-state index is 12.4. The van der Waals surface area contributed by atoms with E-state index in [0.717, 1.165) is 36.9 Å². The first-order valence-corrected chi connectivity index (χ1v) is 9.44. The van der Waals surface area contributed by atoms with Crippen LogP contribution in [-0.4, -0.2) is 32.9 Å². The van der Waals surface area contributed by atoms with E-state index >= 15 is 0 Å². The molecule has 0 atom stereocenters. The molecule has 0 saturated carbocycles. The first-order valence-electron chi connectivity index (χ1n) is 9.44. The van der Waals surface area contributed by atoms with Gasteiger partial charge in [-0.2, -0.15) is 9.78 Å². The predicted octanol–water partition coefficient (Wildman–Crippen LogP) is 2.80. The van der Waals surface area contributed by atoms with Crippen LogP contribution in [0.4, 0.5) is 16.3 Å². The molecule has 2 amide bonds. The molecule has 3 N–H and O–H groups in total. The fourth-order valence-electron chi connectivity index (χ4n) is 3.39. The normalized spacial score (nSPS) is 12.9. The summed E-state index contributed by atoms with van der Waals surface area (Å²) in [5.41, 5.74) is 2.70. The van der Waals surface area contributed by atoms with Crippen LogP contribution >= 0.6 is 0 Å². The summed E-state index contributed by atoms with van der Waals surface area (Å²) in [4.78, 5) is 32.3. The predicted molar refractivity (Wildman–Crippen MR) is 109 cm³/mol. The van der Waals surface area contributed by atoms with Gasteiger partial charge in [-0.15, -0.1) is 0 Å². The molecule has 1 aliphatic carbocycles. The summed E-state index contributed by atoms with van der Waals surface area (Å²) in [5, 5.41) is 9.89. The second kappa shape index (κ2) is 7.78. The van der Waals surface area contributed by atoms with Crippen molar-refractivity contribution in [3.8, 4) is 11.7 Å². The van der Waals surface area contributed by atoms with Crippen molar-refractivity contribution in [2.75, 3.05) is 17.7 Å². The number of aryl methyl sites for hydroxylation is 2. The van der Waals surface area contributed by atoms with E-state index in [0.29, 0.717) is 28.9 Å². The maximum atomic E-state index is 12.4. The Morgan fingerprint density at radius 1 is 1.17 bits per heavy atom. The third-order valence-corrected chi connectivity index (χ3v) is 4.80. The van der Waals surface area contributed by atoms with Crippen LogP contribution in [0.25, 0.3) is 5.95 Å². The van der Waals surface area contributed by atoms with Crippen molar-refractivity contribution < 1.29 is 9.53 Å². The number of ether oxygens (including phenoxy) is 1. The van der Waals surface area contributed by atoms with Crippen LogP contribution in [0.1, 0.15) is 29.8 Å². The topological polar surface area (TPSA) is 114 Å². The van der Waals surface area contributed by atoms with E-state index in [1.54, 1.807) is 44.4 Å². The first kappa shape index (κ1) is 18.7. The third kappa shape index (κ3) is 3.98. The Bertz CT molecular complexity index is 1100. The molecule has 0 bridgehead atoms. The zero-order valence-electron chi connectivity index (χ0n) is 16.3. The van der Waals surface area contributed by atoms with E-state index in [-0.39, 0.29) is 5.56 Å². The zero-order chi connectivity index (χ0) is 20.4. The van der Waals surface area contributed by atoms with Crippen molar-refractivity contribution in [1.82, 2.24) is 19.7 Å². The van der Waals surface area contributed by atoms with E-state index in [4.69, 9.17) is 4.74 Å². The minimum atomic E-state index is -0.434. The van der Waals surface area contributed by atoms with E-state index in [1.807, 2.05) is 0 Å². The second-order valence-corrected chi connectivity index (χ2v) is 6.91. The molecule has 150 valence electrons. The lowest BCUT2D eigenvalue weighted by Gasteiger charge is -2.15. The SMILES string of the molecule is COc1ccc(NC(=O)Nc2cc(C)nn2-c2nc3c(c(=O)[nH]2)CCCC3)cc1.